The normalized spacial score (nSPS) is 18.3. The van der Waals surface area contributed by atoms with Crippen molar-refractivity contribution in [2.45, 2.75) is 13.0 Å². The van der Waals surface area contributed by atoms with Gasteiger partial charge in [0.25, 0.3) is 0 Å². The molecule has 1 aliphatic heterocycles. The third kappa shape index (κ3) is 2.63. The van der Waals surface area contributed by atoms with Crippen LogP contribution in [0.4, 0.5) is 43.9 Å². The van der Waals surface area contributed by atoms with Crippen LogP contribution in [0.5, 0.6) is 0 Å². The molecule has 0 N–H and O–H groups in total. The summed E-state index contributed by atoms with van der Waals surface area (Å²) in [7, 11) is 2.31. The quantitative estimate of drug-likeness (QED) is 0.218. The van der Waals surface area contributed by atoms with Crippen LogP contribution in [-0.4, -0.2) is 24.8 Å². The highest BCUT2D eigenvalue weighted by Gasteiger charge is 2.61. The van der Waals surface area contributed by atoms with Gasteiger partial charge in [-0.3, -0.25) is 0 Å². The Labute approximate surface area is 186 Å². The van der Waals surface area contributed by atoms with E-state index >= 15 is 17.6 Å². The fourth-order valence-corrected chi connectivity index (χ4v) is 5.42. The standard InChI is InChI=1S/C22H14BF10N/c1-8-9-6-4-5-7-10(9)23(34(8,2)3,11-13(24)17(28)21(32)18(29)14(11)25)12-15(26)19(30)22(33)20(31)16(12)27/h4-8H,1-3H3/t8-/m0/s1. The van der Waals surface area contributed by atoms with E-state index in [2.05, 4.69) is 0 Å². The zero-order valence-electron chi connectivity index (χ0n) is 17.7. The first-order valence-corrected chi connectivity index (χ1v) is 9.86. The van der Waals surface area contributed by atoms with E-state index in [-0.39, 0.29) is 11.0 Å². The van der Waals surface area contributed by atoms with Crippen LogP contribution in [0.3, 0.4) is 0 Å². The van der Waals surface area contributed by atoms with E-state index in [4.69, 9.17) is 0 Å². The van der Waals surface area contributed by atoms with E-state index in [1.807, 2.05) is 0 Å². The first-order valence-electron chi connectivity index (χ1n) is 9.86. The van der Waals surface area contributed by atoms with Crippen molar-refractivity contribution in [3.8, 4) is 0 Å². The van der Waals surface area contributed by atoms with Gasteiger partial charge < -0.3 is 4.39 Å². The molecule has 0 saturated carbocycles. The molecule has 3 aromatic rings. The maximum atomic E-state index is 15.3. The fourth-order valence-electron chi connectivity index (χ4n) is 5.42. The number of quaternary nitrogens is 1. The molecule has 3 aromatic carbocycles. The summed E-state index contributed by atoms with van der Waals surface area (Å²) in [5.74, 6) is -24.5. The Morgan fingerprint density at radius 1 is 0.559 bits per heavy atom. The smallest absolute Gasteiger partial charge is 0.303 e. The van der Waals surface area contributed by atoms with Crippen molar-refractivity contribution >= 4 is 22.7 Å². The minimum Gasteiger partial charge on any atom is -0.503 e. The number of benzene rings is 3. The number of fused-ring (bicyclic) bond motifs is 1. The Balaban J connectivity index is 2.40. The van der Waals surface area contributed by atoms with Gasteiger partial charge in [-0.25, -0.2) is 43.9 Å². The van der Waals surface area contributed by atoms with E-state index in [1.54, 1.807) is 0 Å². The summed E-state index contributed by atoms with van der Waals surface area (Å²) in [5.41, 5.74) is -3.52. The Morgan fingerprint density at radius 2 is 0.882 bits per heavy atom. The summed E-state index contributed by atoms with van der Waals surface area (Å²) < 4.78 is 145. The molecule has 12 heteroatoms. The number of nitrogens with zero attached hydrogens (tertiary/aromatic N) is 1. The number of halogens is 10. The van der Waals surface area contributed by atoms with Crippen molar-refractivity contribution < 1.29 is 48.3 Å². The van der Waals surface area contributed by atoms with E-state index in [0.29, 0.717) is 0 Å². The Bertz CT molecular complexity index is 1240. The summed E-state index contributed by atoms with van der Waals surface area (Å²) in [5, 5.41) is 0. The minimum atomic E-state index is -4.07. The predicted octanol–water partition coefficient (Wildman–Crippen LogP) is 4.20. The highest BCUT2D eigenvalue weighted by Crippen LogP contribution is 2.40. The molecule has 0 spiro atoms. The van der Waals surface area contributed by atoms with Crippen molar-refractivity contribution in [2.24, 2.45) is 0 Å². The van der Waals surface area contributed by atoms with Crippen LogP contribution in [0.25, 0.3) is 0 Å². The molecule has 0 unspecified atom stereocenters. The van der Waals surface area contributed by atoms with E-state index in [1.165, 1.54) is 25.1 Å². The lowest BCUT2D eigenvalue weighted by molar-refractivity contribution is -0.815. The molecule has 1 nitrogen and oxygen atoms in total. The third-order valence-electron chi connectivity index (χ3n) is 7.22. The van der Waals surface area contributed by atoms with Gasteiger partial charge in [-0.2, -0.15) is 0 Å². The van der Waals surface area contributed by atoms with E-state index in [9.17, 15) is 26.3 Å². The molecule has 0 fully saturated rings. The minimum absolute atomic E-state index is 0.167. The zero-order chi connectivity index (χ0) is 25.5. The van der Waals surface area contributed by atoms with Crippen LogP contribution in [0.15, 0.2) is 24.3 Å². The first-order chi connectivity index (χ1) is 15.7. The van der Waals surface area contributed by atoms with Crippen LogP contribution in [-0.2, 0) is 0 Å². The second-order valence-corrected chi connectivity index (χ2v) is 8.72. The highest BCUT2D eigenvalue weighted by molar-refractivity contribution is 7.07. The maximum Gasteiger partial charge on any atom is 0.303 e. The van der Waals surface area contributed by atoms with Crippen LogP contribution in [0.2, 0.25) is 0 Å². The Kier molecular flexibility index (Phi) is 5.32. The van der Waals surface area contributed by atoms with Gasteiger partial charge in [0.05, 0.1) is 6.04 Å². The highest BCUT2D eigenvalue weighted by atomic mass is 19.2. The molecule has 1 atom stereocenters. The van der Waals surface area contributed by atoms with E-state index < -0.39 is 85.8 Å². The summed E-state index contributed by atoms with van der Waals surface area (Å²) in [6.45, 7) is 1.43. The number of hydrogen-bond donors (Lipinski definition) is 0. The second kappa shape index (κ2) is 7.49. The van der Waals surface area contributed by atoms with Gasteiger partial charge in [0.2, 0.25) is 0 Å². The summed E-state index contributed by atoms with van der Waals surface area (Å²) >= 11 is 0. The average Bonchev–Trinajstić information content (AvgIpc) is 2.98. The van der Waals surface area contributed by atoms with E-state index in [0.717, 1.165) is 20.2 Å². The molecular formula is C22H14BF10N. The lowest BCUT2D eigenvalue weighted by Crippen LogP contribution is -2.82. The van der Waals surface area contributed by atoms with Crippen molar-refractivity contribution in [1.29, 1.82) is 0 Å². The molecule has 0 radical (unpaired) electrons. The van der Waals surface area contributed by atoms with Crippen molar-refractivity contribution in [3.05, 3.63) is 88.0 Å². The Morgan fingerprint density at radius 3 is 1.26 bits per heavy atom. The van der Waals surface area contributed by atoms with Gasteiger partial charge in [-0.05, 0) is 12.5 Å². The lowest BCUT2D eigenvalue weighted by Gasteiger charge is -2.54. The van der Waals surface area contributed by atoms with Gasteiger partial charge >= 0.3 is 6.28 Å². The molecule has 180 valence electrons. The molecule has 0 saturated heterocycles. The largest absolute Gasteiger partial charge is 0.503 e. The fraction of sp³-hybridized carbons (Fsp3) is 0.182. The monoisotopic (exact) mass is 493 g/mol. The van der Waals surface area contributed by atoms with Gasteiger partial charge in [-0.15, -0.1) is 5.46 Å². The molecule has 34 heavy (non-hydrogen) atoms. The maximum absolute atomic E-state index is 15.3. The predicted molar refractivity (Wildman–Crippen MR) is 104 cm³/mol. The molecule has 4 rings (SSSR count). The lowest BCUT2D eigenvalue weighted by atomic mass is 9.22. The molecule has 0 bridgehead atoms. The van der Waals surface area contributed by atoms with Gasteiger partial charge in [0.1, 0.15) is 23.3 Å². The third-order valence-corrected chi connectivity index (χ3v) is 7.22. The van der Waals surface area contributed by atoms with Gasteiger partial charge in [0, 0.05) is 14.1 Å². The average molecular weight is 493 g/mol. The molecule has 1 heterocycles. The van der Waals surface area contributed by atoms with Crippen molar-refractivity contribution in [3.63, 3.8) is 0 Å². The molecule has 0 aliphatic carbocycles. The summed E-state index contributed by atoms with van der Waals surface area (Å²) in [6.07, 6.45) is -4.07. The molecule has 0 amide bonds. The SMILES string of the molecule is C[C@H]1c2ccccc2[B-](c2c(F)c(F)c(F)c(F)c2F)(c2c(F)c(F)c(F)c(F)c2F)[N+]1(C)C. The first kappa shape index (κ1) is 24.1. The van der Waals surface area contributed by atoms with Crippen LogP contribution in [0.1, 0.15) is 18.5 Å². The van der Waals surface area contributed by atoms with Crippen LogP contribution >= 0.6 is 0 Å². The van der Waals surface area contributed by atoms with Crippen molar-refractivity contribution in [2.75, 3.05) is 14.1 Å². The van der Waals surface area contributed by atoms with Gasteiger partial charge in [0.15, 0.2) is 34.9 Å². The summed E-state index contributed by atoms with van der Waals surface area (Å²) in [6, 6.07) is 4.25. The van der Waals surface area contributed by atoms with Crippen LogP contribution < -0.4 is 16.4 Å². The number of hydrogen-bond acceptors (Lipinski definition) is 0. The molecule has 1 aliphatic rings. The molecule has 0 aromatic heterocycles. The zero-order valence-corrected chi connectivity index (χ0v) is 17.7. The van der Waals surface area contributed by atoms with Crippen LogP contribution in [0, 0.1) is 58.2 Å². The topological polar surface area (TPSA) is 0 Å². The number of rotatable bonds is 2. The Hall–Kier alpha value is -3.02. The summed E-state index contributed by atoms with van der Waals surface area (Å²) in [4.78, 5) is 0. The second-order valence-electron chi connectivity index (χ2n) is 8.72. The molecular weight excluding hydrogens is 479 g/mol. The van der Waals surface area contributed by atoms with Gasteiger partial charge in [-0.1, -0.05) is 35.2 Å². The van der Waals surface area contributed by atoms with Crippen molar-refractivity contribution in [1.82, 2.24) is 0 Å².